The van der Waals surface area contributed by atoms with Crippen LogP contribution in [0, 0.1) is 6.92 Å². The molecule has 0 radical (unpaired) electrons. The fourth-order valence-electron chi connectivity index (χ4n) is 1.15. The van der Waals surface area contributed by atoms with Gasteiger partial charge in [0, 0.05) is 11.6 Å². The second-order valence-corrected chi connectivity index (χ2v) is 3.29. The molecule has 0 bridgehead atoms. The minimum Gasteiger partial charge on any atom is -0.323 e. The monoisotopic (exact) mass is 180 g/mol. The number of rotatable bonds is 5. The molecule has 0 fully saturated rings. The summed E-state index contributed by atoms with van der Waals surface area (Å²) in [6, 6.07) is 4.13. The standard InChI is InChI=1S/C11H18NO/c1-3-4-8-13-10-12-7-5-6-11(2)9-12/h5-7,9H,3-4,8,10H2,1-2H3/q+1. The average Bonchev–Trinajstić information content (AvgIpc) is 2.13. The fourth-order valence-corrected chi connectivity index (χ4v) is 1.15. The first kappa shape index (κ1) is 10.2. The number of unbranched alkanes of at least 4 members (excludes halogenated alkanes) is 1. The van der Waals surface area contributed by atoms with Crippen LogP contribution < -0.4 is 4.57 Å². The average molecular weight is 180 g/mol. The van der Waals surface area contributed by atoms with Crippen molar-refractivity contribution in [2.45, 2.75) is 33.4 Å². The van der Waals surface area contributed by atoms with Gasteiger partial charge in [0.15, 0.2) is 12.4 Å². The van der Waals surface area contributed by atoms with E-state index in [0.717, 1.165) is 13.0 Å². The van der Waals surface area contributed by atoms with E-state index in [2.05, 4.69) is 30.7 Å². The van der Waals surface area contributed by atoms with Crippen LogP contribution in [0.15, 0.2) is 24.5 Å². The summed E-state index contributed by atoms with van der Waals surface area (Å²) in [6.45, 7) is 5.78. The molecule has 0 aliphatic rings. The highest BCUT2D eigenvalue weighted by Crippen LogP contribution is 1.91. The highest BCUT2D eigenvalue weighted by Gasteiger charge is 1.98. The summed E-state index contributed by atoms with van der Waals surface area (Å²) in [5, 5.41) is 0. The first-order valence-corrected chi connectivity index (χ1v) is 4.86. The Balaban J connectivity index is 2.28. The van der Waals surface area contributed by atoms with Crippen LogP contribution in [0.2, 0.25) is 0 Å². The van der Waals surface area contributed by atoms with E-state index in [1.54, 1.807) is 0 Å². The maximum atomic E-state index is 5.48. The van der Waals surface area contributed by atoms with Gasteiger partial charge in [0.1, 0.15) is 0 Å². The van der Waals surface area contributed by atoms with Crippen LogP contribution in [0.3, 0.4) is 0 Å². The van der Waals surface area contributed by atoms with Crippen molar-refractivity contribution in [1.82, 2.24) is 0 Å². The number of aryl methyl sites for hydroxylation is 1. The molecule has 0 saturated carbocycles. The third-order valence-electron chi connectivity index (χ3n) is 1.89. The van der Waals surface area contributed by atoms with Gasteiger partial charge < -0.3 is 4.74 Å². The number of ether oxygens (including phenoxy) is 1. The van der Waals surface area contributed by atoms with Crippen LogP contribution in [0.5, 0.6) is 0 Å². The zero-order valence-electron chi connectivity index (χ0n) is 8.49. The maximum absolute atomic E-state index is 5.48. The summed E-state index contributed by atoms with van der Waals surface area (Å²) in [5.41, 5.74) is 1.27. The fraction of sp³-hybridized carbons (Fsp3) is 0.545. The summed E-state index contributed by atoms with van der Waals surface area (Å²) >= 11 is 0. The van der Waals surface area contributed by atoms with Gasteiger partial charge in [-0.15, -0.1) is 0 Å². The molecule has 0 unspecified atom stereocenters. The van der Waals surface area contributed by atoms with Crippen molar-refractivity contribution in [3.05, 3.63) is 30.1 Å². The molecule has 0 amide bonds. The topological polar surface area (TPSA) is 13.1 Å². The Hall–Kier alpha value is -0.890. The highest BCUT2D eigenvalue weighted by atomic mass is 16.5. The summed E-state index contributed by atoms with van der Waals surface area (Å²) in [4.78, 5) is 0. The van der Waals surface area contributed by atoms with Gasteiger partial charge in [-0.1, -0.05) is 13.3 Å². The zero-order valence-corrected chi connectivity index (χ0v) is 8.49. The number of nitrogens with zero attached hydrogens (tertiary/aromatic N) is 1. The Kier molecular flexibility index (Phi) is 4.47. The Morgan fingerprint density at radius 3 is 3.00 bits per heavy atom. The lowest BCUT2D eigenvalue weighted by Crippen LogP contribution is -2.34. The van der Waals surface area contributed by atoms with Gasteiger partial charge in [-0.3, -0.25) is 0 Å². The third kappa shape index (κ3) is 4.04. The molecule has 13 heavy (non-hydrogen) atoms. The maximum Gasteiger partial charge on any atom is 0.252 e. The lowest BCUT2D eigenvalue weighted by molar-refractivity contribution is -0.733. The van der Waals surface area contributed by atoms with Gasteiger partial charge in [-0.25, -0.2) is 0 Å². The Morgan fingerprint density at radius 2 is 2.31 bits per heavy atom. The van der Waals surface area contributed by atoms with Crippen LogP contribution >= 0.6 is 0 Å². The lowest BCUT2D eigenvalue weighted by Gasteiger charge is -1.99. The van der Waals surface area contributed by atoms with Crippen molar-refractivity contribution in [2.75, 3.05) is 6.61 Å². The number of hydrogen-bond acceptors (Lipinski definition) is 1. The lowest BCUT2D eigenvalue weighted by atomic mass is 10.3. The second-order valence-electron chi connectivity index (χ2n) is 3.29. The Morgan fingerprint density at radius 1 is 1.46 bits per heavy atom. The number of pyridine rings is 1. The summed E-state index contributed by atoms with van der Waals surface area (Å²) in [5.74, 6) is 0. The normalized spacial score (nSPS) is 10.3. The molecule has 1 heterocycles. The molecule has 0 atom stereocenters. The Labute approximate surface area is 80.2 Å². The van der Waals surface area contributed by atoms with Crippen LogP contribution in [-0.4, -0.2) is 6.61 Å². The molecule has 0 spiro atoms. The zero-order chi connectivity index (χ0) is 9.52. The SMILES string of the molecule is CCCCOC[n+]1cccc(C)c1. The van der Waals surface area contributed by atoms with E-state index >= 15 is 0 Å². The van der Waals surface area contributed by atoms with Crippen LogP contribution in [-0.2, 0) is 11.5 Å². The summed E-state index contributed by atoms with van der Waals surface area (Å²) in [7, 11) is 0. The first-order chi connectivity index (χ1) is 6.33. The molecular weight excluding hydrogens is 162 g/mol. The number of hydrogen-bond donors (Lipinski definition) is 0. The summed E-state index contributed by atoms with van der Waals surface area (Å²) in [6.07, 6.45) is 6.45. The van der Waals surface area contributed by atoms with E-state index in [1.165, 1.54) is 12.0 Å². The molecule has 2 nitrogen and oxygen atoms in total. The molecule has 2 heteroatoms. The number of aromatic nitrogens is 1. The van der Waals surface area contributed by atoms with Crippen molar-refractivity contribution in [2.24, 2.45) is 0 Å². The second kappa shape index (κ2) is 5.70. The van der Waals surface area contributed by atoms with Crippen LogP contribution in [0.4, 0.5) is 0 Å². The van der Waals surface area contributed by atoms with Gasteiger partial charge in [-0.2, -0.15) is 4.57 Å². The van der Waals surface area contributed by atoms with E-state index < -0.39 is 0 Å². The Bertz CT molecular complexity index is 248. The minimum absolute atomic E-state index is 0.668. The predicted octanol–water partition coefficient (Wildman–Crippen LogP) is 2.06. The van der Waals surface area contributed by atoms with Gasteiger partial charge in [0.05, 0.1) is 6.61 Å². The molecule has 1 aromatic rings. The van der Waals surface area contributed by atoms with E-state index in [0.29, 0.717) is 6.73 Å². The predicted molar refractivity (Wildman–Crippen MR) is 52.2 cm³/mol. The van der Waals surface area contributed by atoms with Gasteiger partial charge >= 0.3 is 0 Å². The summed E-state index contributed by atoms with van der Waals surface area (Å²) < 4.78 is 7.54. The molecular formula is C11H18NO+. The van der Waals surface area contributed by atoms with Crippen molar-refractivity contribution in [1.29, 1.82) is 0 Å². The molecule has 1 aromatic heterocycles. The van der Waals surface area contributed by atoms with Crippen molar-refractivity contribution < 1.29 is 9.30 Å². The largest absolute Gasteiger partial charge is 0.323 e. The van der Waals surface area contributed by atoms with E-state index in [1.807, 2.05) is 12.3 Å². The third-order valence-corrected chi connectivity index (χ3v) is 1.89. The van der Waals surface area contributed by atoms with E-state index in [-0.39, 0.29) is 0 Å². The smallest absolute Gasteiger partial charge is 0.252 e. The van der Waals surface area contributed by atoms with Crippen LogP contribution in [0.25, 0.3) is 0 Å². The first-order valence-electron chi connectivity index (χ1n) is 4.86. The van der Waals surface area contributed by atoms with E-state index in [9.17, 15) is 0 Å². The van der Waals surface area contributed by atoms with Crippen LogP contribution in [0.1, 0.15) is 25.3 Å². The van der Waals surface area contributed by atoms with Crippen molar-refractivity contribution in [3.8, 4) is 0 Å². The highest BCUT2D eigenvalue weighted by molar-refractivity contribution is 5.01. The van der Waals surface area contributed by atoms with E-state index in [4.69, 9.17) is 4.74 Å². The quantitative estimate of drug-likeness (QED) is 0.499. The molecule has 1 rings (SSSR count). The van der Waals surface area contributed by atoms with Gasteiger partial charge in [0.25, 0.3) is 6.73 Å². The van der Waals surface area contributed by atoms with Crippen molar-refractivity contribution >= 4 is 0 Å². The molecule has 0 aromatic carbocycles. The molecule has 0 saturated heterocycles. The minimum atomic E-state index is 0.668. The molecule has 0 N–H and O–H groups in total. The molecule has 72 valence electrons. The van der Waals surface area contributed by atoms with Gasteiger partial charge in [0.2, 0.25) is 0 Å². The van der Waals surface area contributed by atoms with Crippen molar-refractivity contribution in [3.63, 3.8) is 0 Å². The van der Waals surface area contributed by atoms with Gasteiger partial charge in [-0.05, 0) is 19.4 Å². The molecule has 0 aliphatic heterocycles. The molecule has 0 aliphatic carbocycles.